The number of carbonyl (C=O) groups excluding carboxylic acids is 1. The third-order valence-electron chi connectivity index (χ3n) is 6.24. The van der Waals surface area contributed by atoms with Gasteiger partial charge in [0.1, 0.15) is 0 Å². The van der Waals surface area contributed by atoms with Crippen LogP contribution in [-0.4, -0.2) is 52.8 Å². The Kier molecular flexibility index (Phi) is 7.07. The number of rotatable bonds is 8. The van der Waals surface area contributed by atoms with Crippen molar-refractivity contribution in [2.75, 3.05) is 32.8 Å². The monoisotopic (exact) mass is 436 g/mol. The number of hydrogen-bond acceptors (Lipinski definition) is 4. The second-order valence-electron chi connectivity index (χ2n) is 8.30. The summed E-state index contributed by atoms with van der Waals surface area (Å²) >= 11 is 0. The number of imidazole rings is 1. The maximum absolute atomic E-state index is 12.8. The van der Waals surface area contributed by atoms with E-state index in [-0.39, 0.29) is 24.1 Å². The van der Waals surface area contributed by atoms with Gasteiger partial charge in [0.15, 0.2) is 0 Å². The first kappa shape index (κ1) is 22.3. The van der Waals surface area contributed by atoms with Crippen LogP contribution in [0.3, 0.4) is 0 Å². The molecule has 0 spiro atoms. The van der Waals surface area contributed by atoms with E-state index in [0.717, 1.165) is 24.1 Å². The molecule has 1 aliphatic heterocycles. The highest BCUT2D eigenvalue weighted by molar-refractivity contribution is 5.78. The molecule has 2 aromatic carbocycles. The van der Waals surface area contributed by atoms with Gasteiger partial charge in [-0.1, -0.05) is 42.0 Å². The first-order valence-electron chi connectivity index (χ1n) is 11.4. The molecule has 170 valence electrons. The first-order chi connectivity index (χ1) is 15.6. The van der Waals surface area contributed by atoms with E-state index in [0.29, 0.717) is 32.8 Å². The zero-order valence-corrected chi connectivity index (χ0v) is 18.9. The fourth-order valence-electron chi connectivity index (χ4n) is 4.44. The van der Waals surface area contributed by atoms with Crippen LogP contribution in [0.2, 0.25) is 0 Å². The molecule has 1 N–H and O–H groups in total. The summed E-state index contributed by atoms with van der Waals surface area (Å²) in [6.45, 7) is 8.66. The number of benzene rings is 2. The van der Waals surface area contributed by atoms with Gasteiger partial charge in [0.05, 0.1) is 30.3 Å². The van der Waals surface area contributed by atoms with Crippen LogP contribution in [0.25, 0.3) is 11.0 Å². The molecular weight excluding hydrogens is 404 g/mol. The van der Waals surface area contributed by atoms with Crippen LogP contribution in [0, 0.1) is 6.92 Å². The van der Waals surface area contributed by atoms with Crippen LogP contribution in [-0.2, 0) is 22.6 Å². The molecular formula is C25H32N4O3. The molecule has 0 saturated carbocycles. The third-order valence-corrected chi connectivity index (χ3v) is 6.24. The summed E-state index contributed by atoms with van der Waals surface area (Å²) in [5, 5.41) is 3.11. The van der Waals surface area contributed by atoms with Crippen LogP contribution in [0.15, 0.2) is 53.3 Å². The largest absolute Gasteiger partial charge is 0.379 e. The van der Waals surface area contributed by atoms with E-state index in [1.54, 1.807) is 9.13 Å². The lowest BCUT2D eigenvalue weighted by atomic mass is 10.0. The lowest BCUT2D eigenvalue weighted by Crippen LogP contribution is -2.44. The molecule has 32 heavy (non-hydrogen) atoms. The van der Waals surface area contributed by atoms with Crippen LogP contribution in [0.4, 0.5) is 0 Å². The minimum atomic E-state index is -0.0626. The van der Waals surface area contributed by atoms with Crippen molar-refractivity contribution < 1.29 is 9.53 Å². The van der Waals surface area contributed by atoms with Crippen molar-refractivity contribution in [2.45, 2.75) is 39.4 Å². The fraction of sp³-hybridized carbons (Fsp3) is 0.440. The summed E-state index contributed by atoms with van der Waals surface area (Å²) in [7, 11) is 0. The van der Waals surface area contributed by atoms with Crippen molar-refractivity contribution in [3.63, 3.8) is 0 Å². The summed E-state index contributed by atoms with van der Waals surface area (Å²) in [5.41, 5.74) is 4.13. The van der Waals surface area contributed by atoms with Gasteiger partial charge in [-0.2, -0.15) is 0 Å². The van der Waals surface area contributed by atoms with E-state index >= 15 is 0 Å². The lowest BCUT2D eigenvalue weighted by molar-refractivity contribution is -0.121. The van der Waals surface area contributed by atoms with E-state index in [9.17, 15) is 9.59 Å². The number of para-hydroxylation sites is 2. The van der Waals surface area contributed by atoms with Crippen LogP contribution in [0.5, 0.6) is 0 Å². The Labute approximate surface area is 188 Å². The van der Waals surface area contributed by atoms with Crippen molar-refractivity contribution in [3.8, 4) is 0 Å². The molecule has 2 heterocycles. The molecule has 0 aliphatic carbocycles. The summed E-state index contributed by atoms with van der Waals surface area (Å²) in [6, 6.07) is 16.4. The molecule has 1 aliphatic rings. The average Bonchev–Trinajstić information content (AvgIpc) is 3.10. The van der Waals surface area contributed by atoms with Gasteiger partial charge in [-0.3, -0.25) is 18.8 Å². The Balaban J connectivity index is 1.43. The minimum Gasteiger partial charge on any atom is -0.379 e. The summed E-state index contributed by atoms with van der Waals surface area (Å²) < 4.78 is 8.97. The fourth-order valence-corrected chi connectivity index (χ4v) is 4.44. The second kappa shape index (κ2) is 10.1. The number of morpholine rings is 1. The highest BCUT2D eigenvalue weighted by Gasteiger charge is 2.23. The number of ether oxygens (including phenoxy) is 1. The number of hydrogen-bond donors (Lipinski definition) is 1. The lowest BCUT2D eigenvalue weighted by Gasteiger charge is -2.35. The molecule has 7 heteroatoms. The van der Waals surface area contributed by atoms with Crippen molar-refractivity contribution >= 4 is 16.9 Å². The number of aromatic nitrogens is 2. The molecule has 1 amide bonds. The maximum Gasteiger partial charge on any atom is 0.329 e. The molecule has 0 radical (unpaired) electrons. The smallest absolute Gasteiger partial charge is 0.329 e. The van der Waals surface area contributed by atoms with E-state index < -0.39 is 0 Å². The number of nitrogens with one attached hydrogen (secondary N) is 1. The predicted octanol–water partition coefficient (Wildman–Crippen LogP) is 2.71. The quantitative estimate of drug-likeness (QED) is 0.590. The Bertz CT molecular complexity index is 1110. The number of carbonyl (C=O) groups is 1. The summed E-state index contributed by atoms with van der Waals surface area (Å²) in [5.74, 6) is -0.0457. The number of amides is 1. The molecule has 1 fully saturated rings. The molecule has 0 bridgehead atoms. The van der Waals surface area contributed by atoms with Crippen LogP contribution < -0.4 is 11.0 Å². The summed E-state index contributed by atoms with van der Waals surface area (Å²) in [6.07, 6.45) is 0.265. The molecule has 4 rings (SSSR count). The molecule has 1 aromatic heterocycles. The Morgan fingerprint density at radius 2 is 1.69 bits per heavy atom. The zero-order chi connectivity index (χ0) is 22.5. The molecule has 1 unspecified atom stereocenters. The molecule has 1 atom stereocenters. The third kappa shape index (κ3) is 4.79. The van der Waals surface area contributed by atoms with Gasteiger partial charge in [0.25, 0.3) is 0 Å². The highest BCUT2D eigenvalue weighted by Crippen LogP contribution is 2.22. The average molecular weight is 437 g/mol. The SMILES string of the molecule is CCn1c(=O)n(CCC(=O)NCC(c2ccc(C)cc2)N2CCOCC2)c2ccccc21. The maximum atomic E-state index is 12.8. The molecule has 7 nitrogen and oxygen atoms in total. The first-order valence-corrected chi connectivity index (χ1v) is 11.4. The van der Waals surface area contributed by atoms with Gasteiger partial charge in [-0.05, 0) is 31.5 Å². The van der Waals surface area contributed by atoms with Crippen LogP contribution >= 0.6 is 0 Å². The normalized spacial score (nSPS) is 15.7. The van der Waals surface area contributed by atoms with E-state index in [2.05, 4.69) is 41.4 Å². The Morgan fingerprint density at radius 3 is 2.34 bits per heavy atom. The number of aryl methyl sites for hydroxylation is 3. The van der Waals surface area contributed by atoms with Gasteiger partial charge < -0.3 is 10.1 Å². The number of nitrogens with zero attached hydrogens (tertiary/aromatic N) is 3. The van der Waals surface area contributed by atoms with Crippen molar-refractivity contribution in [2.24, 2.45) is 0 Å². The second-order valence-corrected chi connectivity index (χ2v) is 8.30. The van der Waals surface area contributed by atoms with Gasteiger partial charge >= 0.3 is 5.69 Å². The van der Waals surface area contributed by atoms with Crippen molar-refractivity contribution in [1.82, 2.24) is 19.4 Å². The highest BCUT2D eigenvalue weighted by atomic mass is 16.5. The standard InChI is InChI=1S/C25H32N4O3/c1-3-28-21-6-4-5-7-22(21)29(25(28)31)13-12-24(30)26-18-23(27-14-16-32-17-15-27)20-10-8-19(2)9-11-20/h4-11,23H,3,12-18H2,1-2H3,(H,26,30). The van der Waals surface area contributed by atoms with Gasteiger partial charge in [0, 0.05) is 39.1 Å². The topological polar surface area (TPSA) is 68.5 Å². The zero-order valence-electron chi connectivity index (χ0n) is 18.9. The van der Waals surface area contributed by atoms with Crippen LogP contribution in [0.1, 0.15) is 30.5 Å². The predicted molar refractivity (Wildman–Crippen MR) is 126 cm³/mol. The summed E-state index contributed by atoms with van der Waals surface area (Å²) in [4.78, 5) is 27.9. The van der Waals surface area contributed by atoms with Crippen molar-refractivity contribution in [1.29, 1.82) is 0 Å². The van der Waals surface area contributed by atoms with E-state index in [1.807, 2.05) is 31.2 Å². The molecule has 3 aromatic rings. The Hall–Kier alpha value is -2.90. The van der Waals surface area contributed by atoms with Gasteiger partial charge in [-0.25, -0.2) is 4.79 Å². The number of fused-ring (bicyclic) bond motifs is 1. The van der Waals surface area contributed by atoms with E-state index in [1.165, 1.54) is 11.1 Å². The van der Waals surface area contributed by atoms with Gasteiger partial charge in [-0.15, -0.1) is 0 Å². The van der Waals surface area contributed by atoms with Crippen molar-refractivity contribution in [3.05, 3.63) is 70.1 Å². The molecule has 1 saturated heterocycles. The minimum absolute atomic E-state index is 0.0457. The van der Waals surface area contributed by atoms with E-state index in [4.69, 9.17) is 4.74 Å². The Morgan fingerprint density at radius 1 is 1.03 bits per heavy atom. The van der Waals surface area contributed by atoms with Gasteiger partial charge in [0.2, 0.25) is 5.91 Å².